The van der Waals surface area contributed by atoms with Crippen LogP contribution in [0, 0.1) is 5.92 Å². The Hall–Kier alpha value is -0.340. The lowest BCUT2D eigenvalue weighted by Crippen LogP contribution is -2.38. The van der Waals surface area contributed by atoms with E-state index in [4.69, 9.17) is 0 Å². The lowest BCUT2D eigenvalue weighted by atomic mass is 9.80. The molecule has 1 aromatic rings. The maximum atomic E-state index is 3.70. The lowest BCUT2D eigenvalue weighted by molar-refractivity contribution is 0.230. The normalized spacial score (nSPS) is 20.2. The Balaban J connectivity index is 1.91. The van der Waals surface area contributed by atoms with E-state index in [1.165, 1.54) is 24.8 Å². The molecular formula is C14H20BrN. The molecule has 2 rings (SSSR count). The molecule has 2 atom stereocenters. The summed E-state index contributed by atoms with van der Waals surface area (Å²) in [7, 11) is 0. The van der Waals surface area contributed by atoms with Gasteiger partial charge in [0.05, 0.1) is 0 Å². The molecular weight excluding hydrogens is 262 g/mol. The summed E-state index contributed by atoms with van der Waals surface area (Å²) in [5.74, 6) is 0.901. The zero-order chi connectivity index (χ0) is 11.5. The predicted octanol–water partition coefficient (Wildman–Crippen LogP) is 4.29. The summed E-state index contributed by atoms with van der Waals surface area (Å²) in [4.78, 5) is 0. The molecule has 1 fully saturated rings. The summed E-state index contributed by atoms with van der Waals surface area (Å²) in [5.41, 5.74) is 1.37. The smallest absolute Gasteiger partial charge is 0.0294 e. The van der Waals surface area contributed by atoms with Crippen LogP contribution in [0.3, 0.4) is 0 Å². The second kappa shape index (κ2) is 5.33. The number of rotatable bonds is 4. The number of hydrogen-bond acceptors (Lipinski definition) is 1. The molecule has 1 nitrogen and oxygen atoms in total. The molecule has 1 N–H and O–H groups in total. The average Bonchev–Trinajstić information content (AvgIpc) is 2.15. The lowest BCUT2D eigenvalue weighted by Gasteiger charge is -2.34. The van der Waals surface area contributed by atoms with E-state index < -0.39 is 0 Å². The van der Waals surface area contributed by atoms with Gasteiger partial charge in [-0.05, 0) is 50.3 Å². The molecule has 1 aromatic carbocycles. The summed E-state index contributed by atoms with van der Waals surface area (Å²) in [6, 6.07) is 9.70. The maximum Gasteiger partial charge on any atom is 0.0294 e. The van der Waals surface area contributed by atoms with Crippen molar-refractivity contribution < 1.29 is 0 Å². The number of hydrogen-bond donors (Lipinski definition) is 1. The molecule has 0 amide bonds. The minimum Gasteiger partial charge on any atom is -0.307 e. The fraction of sp³-hybridized carbons (Fsp3) is 0.571. The maximum absolute atomic E-state index is 3.70. The molecule has 0 bridgehead atoms. The van der Waals surface area contributed by atoms with Gasteiger partial charge in [-0.1, -0.05) is 34.5 Å². The molecule has 0 heterocycles. The van der Waals surface area contributed by atoms with E-state index >= 15 is 0 Å². The molecule has 16 heavy (non-hydrogen) atoms. The first-order valence-electron chi connectivity index (χ1n) is 6.18. The van der Waals surface area contributed by atoms with Gasteiger partial charge in [0.15, 0.2) is 0 Å². The van der Waals surface area contributed by atoms with Crippen molar-refractivity contribution in [2.75, 3.05) is 0 Å². The van der Waals surface area contributed by atoms with E-state index in [2.05, 4.69) is 59.4 Å². The van der Waals surface area contributed by atoms with Crippen molar-refractivity contribution in [3.63, 3.8) is 0 Å². The molecule has 0 aliphatic heterocycles. The summed E-state index contributed by atoms with van der Waals surface area (Å²) in [6.07, 6.45) is 4.23. The zero-order valence-electron chi connectivity index (χ0n) is 10.0. The van der Waals surface area contributed by atoms with Gasteiger partial charge in [-0.25, -0.2) is 0 Å². The third-order valence-electron chi connectivity index (χ3n) is 3.74. The van der Waals surface area contributed by atoms with Crippen LogP contribution in [0.25, 0.3) is 0 Å². The van der Waals surface area contributed by atoms with Crippen LogP contribution in [-0.2, 0) is 0 Å². The topological polar surface area (TPSA) is 12.0 Å². The Labute approximate surface area is 107 Å². The fourth-order valence-electron chi connectivity index (χ4n) is 2.32. The average molecular weight is 282 g/mol. The van der Waals surface area contributed by atoms with Crippen molar-refractivity contribution in [3.8, 4) is 0 Å². The monoisotopic (exact) mass is 281 g/mol. The van der Waals surface area contributed by atoms with Crippen molar-refractivity contribution in [3.05, 3.63) is 34.3 Å². The van der Waals surface area contributed by atoms with Gasteiger partial charge in [-0.3, -0.25) is 0 Å². The van der Waals surface area contributed by atoms with Crippen molar-refractivity contribution >= 4 is 15.9 Å². The molecule has 0 saturated heterocycles. The van der Waals surface area contributed by atoms with Crippen LogP contribution < -0.4 is 5.32 Å². The van der Waals surface area contributed by atoms with Crippen molar-refractivity contribution in [2.24, 2.45) is 5.92 Å². The summed E-state index contributed by atoms with van der Waals surface area (Å²) < 4.78 is 1.15. The Bertz CT molecular complexity index is 329. The predicted molar refractivity (Wildman–Crippen MR) is 72.5 cm³/mol. The minimum atomic E-state index is 0.448. The highest BCUT2D eigenvalue weighted by Crippen LogP contribution is 2.30. The largest absolute Gasteiger partial charge is 0.307 e. The van der Waals surface area contributed by atoms with Crippen molar-refractivity contribution in [2.45, 2.75) is 45.2 Å². The van der Waals surface area contributed by atoms with Gasteiger partial charge in [-0.2, -0.15) is 0 Å². The van der Waals surface area contributed by atoms with Crippen LogP contribution in [0.4, 0.5) is 0 Å². The molecule has 88 valence electrons. The van der Waals surface area contributed by atoms with Crippen LogP contribution in [-0.4, -0.2) is 6.04 Å². The molecule has 0 radical (unpaired) electrons. The first kappa shape index (κ1) is 12.1. The van der Waals surface area contributed by atoms with Crippen molar-refractivity contribution in [1.29, 1.82) is 0 Å². The standard InChI is InChI=1S/C14H20BrN/c1-10(12-4-3-5-12)16-11(2)13-6-8-14(15)9-7-13/h6-12,16H,3-5H2,1-2H3. The summed E-state index contributed by atoms with van der Waals surface area (Å²) >= 11 is 3.47. The van der Waals surface area contributed by atoms with Gasteiger partial charge < -0.3 is 5.32 Å². The van der Waals surface area contributed by atoms with Crippen LogP contribution in [0.1, 0.15) is 44.7 Å². The molecule has 2 unspecified atom stereocenters. The van der Waals surface area contributed by atoms with E-state index in [-0.39, 0.29) is 0 Å². The van der Waals surface area contributed by atoms with E-state index in [0.29, 0.717) is 12.1 Å². The van der Waals surface area contributed by atoms with Crippen molar-refractivity contribution in [1.82, 2.24) is 5.32 Å². The first-order chi connectivity index (χ1) is 7.66. The molecule has 0 aromatic heterocycles. The van der Waals surface area contributed by atoms with Gasteiger partial charge in [0, 0.05) is 16.6 Å². The van der Waals surface area contributed by atoms with E-state index in [1.54, 1.807) is 0 Å². The van der Waals surface area contributed by atoms with E-state index in [0.717, 1.165) is 10.4 Å². The third-order valence-corrected chi connectivity index (χ3v) is 4.27. The Kier molecular flexibility index (Phi) is 4.04. The second-order valence-electron chi connectivity index (χ2n) is 4.92. The molecule has 1 aliphatic carbocycles. The Morgan fingerprint density at radius 2 is 1.81 bits per heavy atom. The van der Waals surface area contributed by atoms with E-state index in [1.807, 2.05) is 0 Å². The number of benzene rings is 1. The summed E-state index contributed by atoms with van der Waals surface area (Å²) in [5, 5.41) is 3.70. The minimum absolute atomic E-state index is 0.448. The first-order valence-corrected chi connectivity index (χ1v) is 6.97. The van der Waals surface area contributed by atoms with Gasteiger partial charge in [-0.15, -0.1) is 0 Å². The third kappa shape index (κ3) is 2.86. The highest BCUT2D eigenvalue weighted by Gasteiger charge is 2.24. The van der Waals surface area contributed by atoms with Gasteiger partial charge in [0.25, 0.3) is 0 Å². The molecule has 1 aliphatic rings. The van der Waals surface area contributed by atoms with Gasteiger partial charge >= 0.3 is 0 Å². The fourth-order valence-corrected chi connectivity index (χ4v) is 2.58. The van der Waals surface area contributed by atoms with Crippen LogP contribution in [0.5, 0.6) is 0 Å². The summed E-state index contributed by atoms with van der Waals surface area (Å²) in [6.45, 7) is 4.57. The number of halogens is 1. The zero-order valence-corrected chi connectivity index (χ0v) is 11.6. The Morgan fingerprint density at radius 3 is 2.31 bits per heavy atom. The SMILES string of the molecule is CC(NC(C)C1CCC1)c1ccc(Br)cc1. The molecule has 1 saturated carbocycles. The van der Waals surface area contributed by atoms with Gasteiger partial charge in [0.2, 0.25) is 0 Å². The highest BCUT2D eigenvalue weighted by molar-refractivity contribution is 9.10. The van der Waals surface area contributed by atoms with E-state index in [9.17, 15) is 0 Å². The Morgan fingerprint density at radius 1 is 1.19 bits per heavy atom. The second-order valence-corrected chi connectivity index (χ2v) is 5.84. The van der Waals surface area contributed by atoms with Gasteiger partial charge in [0.1, 0.15) is 0 Å². The highest BCUT2D eigenvalue weighted by atomic mass is 79.9. The molecule has 2 heteroatoms. The van der Waals surface area contributed by atoms with Crippen LogP contribution in [0.2, 0.25) is 0 Å². The van der Waals surface area contributed by atoms with Crippen LogP contribution >= 0.6 is 15.9 Å². The number of nitrogens with one attached hydrogen (secondary N) is 1. The quantitative estimate of drug-likeness (QED) is 0.868. The van der Waals surface area contributed by atoms with Crippen LogP contribution in [0.15, 0.2) is 28.7 Å². The molecule has 0 spiro atoms.